The summed E-state index contributed by atoms with van der Waals surface area (Å²) in [6.07, 6.45) is 4.55. The van der Waals surface area contributed by atoms with E-state index in [2.05, 4.69) is 0 Å². The number of carbonyl (C=O) groups is 2. The van der Waals surface area contributed by atoms with Crippen molar-refractivity contribution in [2.75, 3.05) is 0 Å². The Morgan fingerprint density at radius 2 is 1.96 bits per heavy atom. The van der Waals surface area contributed by atoms with Gasteiger partial charge in [0, 0.05) is 16.6 Å². The summed E-state index contributed by atoms with van der Waals surface area (Å²) in [5.41, 5.74) is 0.791. The van der Waals surface area contributed by atoms with Gasteiger partial charge in [0.15, 0.2) is 0 Å². The van der Waals surface area contributed by atoms with Gasteiger partial charge in [-0.2, -0.15) is 0 Å². The summed E-state index contributed by atoms with van der Waals surface area (Å²) in [4.78, 5) is 38.7. The van der Waals surface area contributed by atoms with E-state index in [0.29, 0.717) is 6.42 Å². The number of carbonyl (C=O) groups excluding carboxylic acids is 1. The lowest BCUT2D eigenvalue weighted by Crippen LogP contribution is -2.48. The molecule has 2 fully saturated rings. The minimum Gasteiger partial charge on any atom is -0.480 e. The van der Waals surface area contributed by atoms with Crippen LogP contribution in [-0.2, 0) is 16.1 Å². The van der Waals surface area contributed by atoms with E-state index in [1.165, 1.54) is 4.57 Å². The number of aromatic nitrogens is 1. The highest BCUT2D eigenvalue weighted by Crippen LogP contribution is 2.40. The zero-order valence-corrected chi connectivity index (χ0v) is 14.3. The second kappa shape index (κ2) is 6.11. The number of hydrogen-bond donors (Lipinski definition) is 1. The number of aryl methyl sites for hydroxylation is 1. The maximum Gasteiger partial charge on any atom is 0.326 e. The summed E-state index contributed by atoms with van der Waals surface area (Å²) < 4.78 is 1.47. The molecule has 2 heterocycles. The molecule has 1 N–H and O–H groups in total. The molecule has 7 heteroatoms. The van der Waals surface area contributed by atoms with Crippen molar-refractivity contribution >= 4 is 23.2 Å². The summed E-state index contributed by atoms with van der Waals surface area (Å²) in [6.45, 7) is 3.63. The molecular formula is C16H22N2O4S. The van der Waals surface area contributed by atoms with Crippen molar-refractivity contribution in [3.8, 4) is 0 Å². The van der Waals surface area contributed by atoms with Crippen molar-refractivity contribution in [2.45, 2.75) is 64.6 Å². The first-order valence-corrected chi connectivity index (χ1v) is 8.92. The Labute approximate surface area is 138 Å². The van der Waals surface area contributed by atoms with Crippen LogP contribution in [0.25, 0.3) is 0 Å². The SMILES string of the molecule is Cc1sc(=O)n(CC(=O)N2C(C(=O)O)CC3CCCCC32)c1C. The molecule has 1 aliphatic carbocycles. The minimum atomic E-state index is -0.932. The van der Waals surface area contributed by atoms with E-state index in [0.717, 1.165) is 47.6 Å². The lowest BCUT2D eigenvalue weighted by atomic mass is 9.85. The van der Waals surface area contributed by atoms with Gasteiger partial charge in [-0.25, -0.2) is 4.79 Å². The predicted molar refractivity (Wildman–Crippen MR) is 86.7 cm³/mol. The Kier molecular flexibility index (Phi) is 4.31. The molecule has 1 aliphatic heterocycles. The van der Waals surface area contributed by atoms with Crippen molar-refractivity contribution < 1.29 is 14.7 Å². The number of aliphatic carboxylic acids is 1. The van der Waals surface area contributed by atoms with Gasteiger partial charge in [-0.1, -0.05) is 24.2 Å². The number of fused-ring (bicyclic) bond motifs is 1. The molecule has 23 heavy (non-hydrogen) atoms. The molecule has 1 saturated carbocycles. The standard InChI is InChI=1S/C16H22N2O4S/c1-9-10(2)23-16(22)17(9)8-14(19)18-12-6-4-3-5-11(12)7-13(18)15(20)21/h11-13H,3-8H2,1-2H3,(H,20,21). The molecule has 1 saturated heterocycles. The van der Waals surface area contributed by atoms with Gasteiger partial charge in [0.05, 0.1) is 0 Å². The number of nitrogens with zero attached hydrogens (tertiary/aromatic N) is 2. The molecular weight excluding hydrogens is 316 g/mol. The van der Waals surface area contributed by atoms with E-state index in [1.807, 2.05) is 13.8 Å². The van der Waals surface area contributed by atoms with Gasteiger partial charge in [-0.3, -0.25) is 14.2 Å². The molecule has 0 aromatic carbocycles. The van der Waals surface area contributed by atoms with Crippen LogP contribution in [-0.4, -0.2) is 38.5 Å². The van der Waals surface area contributed by atoms with Gasteiger partial charge in [-0.05, 0) is 39.0 Å². The third-order valence-electron chi connectivity index (χ3n) is 5.33. The van der Waals surface area contributed by atoms with Crippen LogP contribution in [0.15, 0.2) is 4.79 Å². The molecule has 0 spiro atoms. The van der Waals surface area contributed by atoms with Gasteiger partial charge in [0.25, 0.3) is 0 Å². The second-order valence-corrected chi connectivity index (χ2v) is 7.76. The Hall–Kier alpha value is -1.63. The highest BCUT2D eigenvalue weighted by molar-refractivity contribution is 7.09. The third kappa shape index (κ3) is 2.82. The molecule has 0 bridgehead atoms. The highest BCUT2D eigenvalue weighted by atomic mass is 32.1. The third-order valence-corrected chi connectivity index (χ3v) is 6.33. The molecule has 1 amide bonds. The first-order valence-electron chi connectivity index (χ1n) is 8.11. The zero-order valence-electron chi connectivity index (χ0n) is 13.4. The number of likely N-dealkylation sites (tertiary alicyclic amines) is 1. The number of carboxylic acids is 1. The van der Waals surface area contributed by atoms with E-state index in [1.54, 1.807) is 4.90 Å². The summed E-state index contributed by atoms with van der Waals surface area (Å²) in [5, 5.41) is 9.50. The number of carboxylic acid groups (broad SMARTS) is 1. The predicted octanol–water partition coefficient (Wildman–Crippen LogP) is 1.77. The van der Waals surface area contributed by atoms with E-state index >= 15 is 0 Å². The van der Waals surface area contributed by atoms with Gasteiger partial charge in [0.1, 0.15) is 12.6 Å². The molecule has 126 valence electrons. The van der Waals surface area contributed by atoms with Crippen LogP contribution in [0, 0.1) is 19.8 Å². The summed E-state index contributed by atoms with van der Waals surface area (Å²) >= 11 is 1.13. The first-order chi connectivity index (χ1) is 10.9. The molecule has 1 aromatic rings. The average Bonchev–Trinajstić information content (AvgIpc) is 3.00. The van der Waals surface area contributed by atoms with Gasteiger partial charge in [-0.15, -0.1) is 0 Å². The molecule has 1 aromatic heterocycles. The van der Waals surface area contributed by atoms with Gasteiger partial charge >= 0.3 is 10.8 Å². The Morgan fingerprint density at radius 1 is 1.26 bits per heavy atom. The van der Waals surface area contributed by atoms with Crippen molar-refractivity contribution in [1.29, 1.82) is 0 Å². The van der Waals surface area contributed by atoms with Crippen LogP contribution >= 0.6 is 11.3 Å². The normalized spacial score (nSPS) is 27.0. The van der Waals surface area contributed by atoms with Crippen molar-refractivity contribution in [2.24, 2.45) is 5.92 Å². The fourth-order valence-electron chi connectivity index (χ4n) is 4.03. The topological polar surface area (TPSA) is 79.6 Å². The molecule has 3 atom stereocenters. The first kappa shape index (κ1) is 16.2. The van der Waals surface area contributed by atoms with E-state index in [-0.39, 0.29) is 29.3 Å². The minimum absolute atomic E-state index is 0.0214. The number of amides is 1. The molecule has 0 radical (unpaired) electrons. The lowest BCUT2D eigenvalue weighted by Gasteiger charge is -2.33. The van der Waals surface area contributed by atoms with Crippen LogP contribution in [0.3, 0.4) is 0 Å². The van der Waals surface area contributed by atoms with Gasteiger partial charge < -0.3 is 10.0 Å². The van der Waals surface area contributed by atoms with Crippen LogP contribution in [0.1, 0.15) is 42.7 Å². The Morgan fingerprint density at radius 3 is 2.57 bits per heavy atom. The lowest BCUT2D eigenvalue weighted by molar-refractivity contribution is -0.150. The fourth-order valence-corrected chi connectivity index (χ4v) is 4.86. The largest absolute Gasteiger partial charge is 0.480 e. The van der Waals surface area contributed by atoms with Crippen LogP contribution in [0.5, 0.6) is 0 Å². The van der Waals surface area contributed by atoms with Crippen LogP contribution < -0.4 is 4.87 Å². The smallest absolute Gasteiger partial charge is 0.326 e. The summed E-state index contributed by atoms with van der Waals surface area (Å²) in [7, 11) is 0. The summed E-state index contributed by atoms with van der Waals surface area (Å²) in [5.74, 6) is -0.885. The maximum absolute atomic E-state index is 12.8. The Bertz CT molecular complexity index is 693. The second-order valence-electron chi connectivity index (χ2n) is 6.60. The maximum atomic E-state index is 12.8. The zero-order chi connectivity index (χ0) is 16.7. The van der Waals surface area contributed by atoms with E-state index < -0.39 is 12.0 Å². The molecule has 3 unspecified atom stereocenters. The molecule has 6 nitrogen and oxygen atoms in total. The number of rotatable bonds is 3. The highest BCUT2D eigenvalue weighted by Gasteiger charge is 2.47. The fraction of sp³-hybridized carbons (Fsp3) is 0.688. The van der Waals surface area contributed by atoms with Crippen molar-refractivity contribution in [3.05, 3.63) is 20.2 Å². The van der Waals surface area contributed by atoms with Crippen LogP contribution in [0.2, 0.25) is 0 Å². The Balaban J connectivity index is 1.86. The number of hydrogen-bond acceptors (Lipinski definition) is 4. The monoisotopic (exact) mass is 338 g/mol. The molecule has 3 rings (SSSR count). The van der Waals surface area contributed by atoms with Crippen LogP contribution in [0.4, 0.5) is 0 Å². The number of thiazole rings is 1. The van der Waals surface area contributed by atoms with E-state index in [9.17, 15) is 19.5 Å². The van der Waals surface area contributed by atoms with Crippen molar-refractivity contribution in [1.82, 2.24) is 9.47 Å². The quantitative estimate of drug-likeness (QED) is 0.911. The van der Waals surface area contributed by atoms with E-state index in [4.69, 9.17) is 0 Å². The molecule has 2 aliphatic rings. The average molecular weight is 338 g/mol. The van der Waals surface area contributed by atoms with Gasteiger partial charge in [0.2, 0.25) is 5.91 Å². The summed E-state index contributed by atoms with van der Waals surface area (Å²) in [6, 6.07) is -0.723. The van der Waals surface area contributed by atoms with Crippen molar-refractivity contribution in [3.63, 3.8) is 0 Å².